The minimum Gasteiger partial charge on any atom is -0.481 e. The molecule has 2 atom stereocenters. The van der Waals surface area contributed by atoms with Gasteiger partial charge < -0.3 is 10.8 Å². The zero-order valence-electron chi connectivity index (χ0n) is 13.5. The van der Waals surface area contributed by atoms with E-state index < -0.39 is 16.8 Å². The number of halogens is 1. The van der Waals surface area contributed by atoms with Crippen LogP contribution in [-0.2, 0) is 15.0 Å². The number of nitrogens with two attached hydrogens (primary N) is 1. The van der Waals surface area contributed by atoms with Crippen LogP contribution >= 0.6 is 0 Å². The topological polar surface area (TPSA) is 80.4 Å². The van der Waals surface area contributed by atoms with Crippen molar-refractivity contribution in [2.75, 3.05) is 0 Å². The first-order valence-corrected chi connectivity index (χ1v) is 8.63. The molecule has 4 saturated carbocycles. The van der Waals surface area contributed by atoms with Crippen molar-refractivity contribution in [2.24, 2.45) is 28.9 Å². The molecule has 4 aliphatic rings. The van der Waals surface area contributed by atoms with E-state index in [4.69, 9.17) is 5.73 Å². The number of carboxylic acid groups (broad SMARTS) is 1. The molecule has 1 amide bonds. The number of carbonyl (C=O) groups is 2. The highest BCUT2D eigenvalue weighted by Gasteiger charge is 2.64. The Hall–Kier alpha value is -1.91. The first kappa shape index (κ1) is 15.6. The number of hydrogen-bond donors (Lipinski definition) is 2. The molecule has 4 aliphatic carbocycles. The predicted molar refractivity (Wildman–Crippen MR) is 85.5 cm³/mol. The first-order valence-electron chi connectivity index (χ1n) is 8.63. The summed E-state index contributed by atoms with van der Waals surface area (Å²) >= 11 is 0. The third kappa shape index (κ3) is 2.03. The molecule has 3 N–H and O–H groups in total. The number of carbonyl (C=O) groups excluding carboxylic acids is 1. The Bertz CT molecular complexity index is 683. The Morgan fingerprint density at radius 1 is 1.12 bits per heavy atom. The number of carboxylic acids is 1. The monoisotopic (exact) mass is 331 g/mol. The average molecular weight is 331 g/mol. The van der Waals surface area contributed by atoms with Gasteiger partial charge in [0.25, 0.3) is 0 Å². The van der Waals surface area contributed by atoms with Crippen molar-refractivity contribution in [2.45, 2.75) is 43.9 Å². The largest absolute Gasteiger partial charge is 0.481 e. The number of primary amides is 1. The van der Waals surface area contributed by atoms with Crippen molar-refractivity contribution in [1.82, 2.24) is 0 Å². The summed E-state index contributed by atoms with van der Waals surface area (Å²) in [6.45, 7) is 0. The highest BCUT2D eigenvalue weighted by Crippen LogP contribution is 2.68. The van der Waals surface area contributed by atoms with Crippen LogP contribution in [-0.4, -0.2) is 17.0 Å². The first-order chi connectivity index (χ1) is 11.4. The fourth-order valence-electron chi connectivity index (χ4n) is 6.27. The zero-order valence-corrected chi connectivity index (χ0v) is 13.5. The van der Waals surface area contributed by atoms with Crippen LogP contribution in [0.3, 0.4) is 0 Å². The van der Waals surface area contributed by atoms with E-state index >= 15 is 0 Å². The molecule has 0 saturated heterocycles. The van der Waals surface area contributed by atoms with Crippen molar-refractivity contribution >= 4 is 11.9 Å². The summed E-state index contributed by atoms with van der Waals surface area (Å²) in [6, 6.07) is 6.29. The number of aliphatic carboxylic acids is 1. The molecular formula is C19H22FNO3. The van der Waals surface area contributed by atoms with Gasteiger partial charge in [-0.1, -0.05) is 12.1 Å². The van der Waals surface area contributed by atoms with Gasteiger partial charge >= 0.3 is 5.97 Å². The predicted octanol–water partition coefficient (Wildman–Crippen LogP) is 2.85. The molecule has 4 fully saturated rings. The maximum atomic E-state index is 13.4. The Morgan fingerprint density at radius 2 is 1.71 bits per heavy atom. The molecule has 0 aromatic heterocycles. The molecular weight excluding hydrogens is 309 g/mol. The third-order valence-electron chi connectivity index (χ3n) is 6.99. The van der Waals surface area contributed by atoms with E-state index in [9.17, 15) is 19.1 Å². The highest BCUT2D eigenvalue weighted by molar-refractivity contribution is 5.82. The SMILES string of the molecule is NC(=O)[C@]12CC3CC(C1)[C@@](CC(=O)O)(c1ccc(F)cc1)C(C3)C2. The summed E-state index contributed by atoms with van der Waals surface area (Å²) in [6.07, 6.45) is 4.10. The van der Waals surface area contributed by atoms with E-state index in [0.717, 1.165) is 24.8 Å². The summed E-state index contributed by atoms with van der Waals surface area (Å²) in [7, 11) is 0. The van der Waals surface area contributed by atoms with Crippen molar-refractivity contribution in [1.29, 1.82) is 0 Å². The van der Waals surface area contributed by atoms with Crippen LogP contribution < -0.4 is 5.73 Å². The smallest absolute Gasteiger partial charge is 0.304 e. The molecule has 5 rings (SSSR count). The van der Waals surface area contributed by atoms with Crippen LogP contribution in [0.25, 0.3) is 0 Å². The summed E-state index contributed by atoms with van der Waals surface area (Å²) in [5, 5.41) is 9.59. The van der Waals surface area contributed by atoms with Crippen LogP contribution in [0.1, 0.15) is 44.1 Å². The van der Waals surface area contributed by atoms with Gasteiger partial charge in [0.2, 0.25) is 5.91 Å². The van der Waals surface area contributed by atoms with Gasteiger partial charge in [0, 0.05) is 10.8 Å². The van der Waals surface area contributed by atoms with Crippen molar-refractivity contribution in [3.63, 3.8) is 0 Å². The highest BCUT2D eigenvalue weighted by atomic mass is 19.1. The maximum Gasteiger partial charge on any atom is 0.304 e. The maximum absolute atomic E-state index is 13.4. The van der Waals surface area contributed by atoms with E-state index in [1.54, 1.807) is 12.1 Å². The van der Waals surface area contributed by atoms with Gasteiger partial charge in [-0.15, -0.1) is 0 Å². The minimum atomic E-state index is -0.833. The number of hydrogen-bond acceptors (Lipinski definition) is 2. The summed E-state index contributed by atoms with van der Waals surface area (Å²) in [5.74, 6) is -0.681. The lowest BCUT2D eigenvalue weighted by Gasteiger charge is -2.64. The van der Waals surface area contributed by atoms with Crippen LogP contribution in [0.2, 0.25) is 0 Å². The van der Waals surface area contributed by atoms with Crippen molar-refractivity contribution in [3.05, 3.63) is 35.6 Å². The van der Waals surface area contributed by atoms with Crippen molar-refractivity contribution in [3.8, 4) is 0 Å². The standard InChI is InChI=1S/C19H22FNO3/c20-15-3-1-12(2-4-15)19(10-16(22)23)13-5-11-6-14(19)9-18(7-11,8-13)17(21)24/h1-4,11,13-14H,5-10H2,(H2,21,24)(H,22,23)/t11?,13?,14?,18-,19-. The van der Waals surface area contributed by atoms with Gasteiger partial charge in [0.1, 0.15) is 5.82 Å². The second-order valence-corrected chi connectivity index (χ2v) is 8.11. The van der Waals surface area contributed by atoms with Gasteiger partial charge in [0.15, 0.2) is 0 Å². The molecule has 0 heterocycles. The Morgan fingerprint density at radius 3 is 2.21 bits per heavy atom. The Balaban J connectivity index is 1.82. The van der Waals surface area contributed by atoms with Crippen LogP contribution in [0, 0.1) is 29.0 Å². The van der Waals surface area contributed by atoms with E-state index in [0.29, 0.717) is 18.8 Å². The zero-order chi connectivity index (χ0) is 17.1. The number of amides is 1. The van der Waals surface area contributed by atoms with Crippen LogP contribution in [0.4, 0.5) is 4.39 Å². The lowest BCUT2D eigenvalue weighted by Crippen LogP contribution is -2.62. The molecule has 2 unspecified atom stereocenters. The summed E-state index contributed by atoms with van der Waals surface area (Å²) < 4.78 is 13.4. The quantitative estimate of drug-likeness (QED) is 0.890. The Labute approximate surface area is 140 Å². The molecule has 0 spiro atoms. The van der Waals surface area contributed by atoms with Gasteiger partial charge in [-0.2, -0.15) is 0 Å². The molecule has 128 valence electrons. The fourth-order valence-corrected chi connectivity index (χ4v) is 6.27. The number of rotatable bonds is 4. The van der Waals surface area contributed by atoms with Gasteiger partial charge in [-0.05, 0) is 67.6 Å². The summed E-state index contributed by atoms with van der Waals surface area (Å²) in [5.41, 5.74) is 5.67. The number of benzene rings is 1. The van der Waals surface area contributed by atoms with Gasteiger partial charge in [-0.3, -0.25) is 9.59 Å². The van der Waals surface area contributed by atoms with E-state index in [-0.39, 0.29) is 30.0 Å². The Kier molecular flexibility index (Phi) is 3.28. The second kappa shape index (κ2) is 5.04. The molecule has 1 aromatic carbocycles. The second-order valence-electron chi connectivity index (χ2n) is 8.11. The lowest BCUT2D eigenvalue weighted by atomic mass is 9.39. The third-order valence-corrected chi connectivity index (χ3v) is 6.99. The molecule has 24 heavy (non-hydrogen) atoms. The van der Waals surface area contributed by atoms with Gasteiger partial charge in [-0.25, -0.2) is 4.39 Å². The normalized spacial score (nSPS) is 39.8. The van der Waals surface area contributed by atoms with E-state index in [2.05, 4.69) is 0 Å². The van der Waals surface area contributed by atoms with Crippen molar-refractivity contribution < 1.29 is 19.1 Å². The minimum absolute atomic E-state index is 0.0372. The molecule has 5 heteroatoms. The van der Waals surface area contributed by atoms with Crippen LogP contribution in [0.15, 0.2) is 24.3 Å². The van der Waals surface area contributed by atoms with Crippen LogP contribution in [0.5, 0.6) is 0 Å². The van der Waals surface area contributed by atoms with E-state index in [1.807, 2.05) is 0 Å². The molecule has 4 nitrogen and oxygen atoms in total. The van der Waals surface area contributed by atoms with Gasteiger partial charge in [0.05, 0.1) is 6.42 Å². The molecule has 0 aliphatic heterocycles. The average Bonchev–Trinajstić information content (AvgIpc) is 2.51. The summed E-state index contributed by atoms with van der Waals surface area (Å²) in [4.78, 5) is 23.8. The lowest BCUT2D eigenvalue weighted by molar-refractivity contribution is -0.161. The molecule has 4 bridgehead atoms. The molecule has 0 radical (unpaired) electrons. The van der Waals surface area contributed by atoms with E-state index in [1.165, 1.54) is 12.1 Å². The fraction of sp³-hybridized carbons (Fsp3) is 0.579. The molecule has 1 aromatic rings.